The summed E-state index contributed by atoms with van der Waals surface area (Å²) in [5.74, 6) is 0.998. The number of ether oxygens (including phenoxy) is 1. The zero-order valence-electron chi connectivity index (χ0n) is 14.7. The lowest BCUT2D eigenvalue weighted by atomic mass is 9.86. The highest BCUT2D eigenvalue weighted by molar-refractivity contribution is 6.01. The van der Waals surface area contributed by atoms with E-state index in [-0.39, 0.29) is 36.2 Å². The van der Waals surface area contributed by atoms with E-state index < -0.39 is 0 Å². The van der Waals surface area contributed by atoms with Gasteiger partial charge in [0, 0.05) is 32.7 Å². The van der Waals surface area contributed by atoms with Crippen molar-refractivity contribution in [3.63, 3.8) is 0 Å². The van der Waals surface area contributed by atoms with Gasteiger partial charge in [0.25, 0.3) is 0 Å². The third-order valence-electron chi connectivity index (χ3n) is 4.78. The second-order valence-corrected chi connectivity index (χ2v) is 6.95. The van der Waals surface area contributed by atoms with E-state index in [2.05, 4.69) is 23.2 Å². The molecule has 0 amide bonds. The maximum atomic E-state index is 12.6. The molecule has 1 saturated heterocycles. The molecule has 0 aliphatic carbocycles. The minimum absolute atomic E-state index is 0. The number of piperazine rings is 1. The molecule has 24 heavy (non-hydrogen) atoms. The van der Waals surface area contributed by atoms with Crippen LogP contribution in [0.5, 0.6) is 5.75 Å². The molecule has 4 nitrogen and oxygen atoms in total. The fourth-order valence-electron chi connectivity index (χ4n) is 3.56. The van der Waals surface area contributed by atoms with Crippen molar-refractivity contribution in [3.8, 4) is 5.75 Å². The second kappa shape index (κ2) is 8.52. The van der Waals surface area contributed by atoms with Crippen molar-refractivity contribution in [2.24, 2.45) is 0 Å². The third-order valence-corrected chi connectivity index (χ3v) is 4.78. The Morgan fingerprint density at radius 2 is 1.88 bits per heavy atom. The fourth-order valence-corrected chi connectivity index (χ4v) is 3.56. The number of carbonyl (C=O) groups is 1. The van der Waals surface area contributed by atoms with Gasteiger partial charge in [-0.1, -0.05) is 6.07 Å². The molecule has 0 spiro atoms. The summed E-state index contributed by atoms with van der Waals surface area (Å²) in [5.41, 5.74) is 2.58. The molecule has 0 aromatic heterocycles. The monoisotopic (exact) mass is 374 g/mol. The van der Waals surface area contributed by atoms with E-state index >= 15 is 0 Å². The molecule has 136 valence electrons. The average Bonchev–Trinajstić information content (AvgIpc) is 2.45. The van der Waals surface area contributed by atoms with Gasteiger partial charge in [0.15, 0.2) is 5.78 Å². The van der Waals surface area contributed by atoms with Gasteiger partial charge in [-0.3, -0.25) is 4.79 Å². The Balaban J connectivity index is 0.00000144. The second-order valence-electron chi connectivity index (χ2n) is 6.95. The maximum absolute atomic E-state index is 12.6. The molecule has 1 fully saturated rings. The molecule has 1 N–H and O–H groups in total. The van der Waals surface area contributed by atoms with Crippen LogP contribution in [-0.4, -0.2) is 49.0 Å². The van der Waals surface area contributed by atoms with E-state index in [4.69, 9.17) is 4.74 Å². The molecular weight excluding hydrogens is 347 g/mol. The van der Waals surface area contributed by atoms with Crippen LogP contribution in [0.25, 0.3) is 0 Å². The number of fused-ring (bicyclic) bond motifs is 1. The molecule has 6 heteroatoms. The van der Waals surface area contributed by atoms with E-state index in [0.717, 1.165) is 61.6 Å². The third kappa shape index (κ3) is 4.63. The van der Waals surface area contributed by atoms with Gasteiger partial charge in [-0.25, -0.2) is 0 Å². The van der Waals surface area contributed by atoms with Crippen molar-refractivity contribution >= 4 is 30.6 Å². The van der Waals surface area contributed by atoms with Crippen molar-refractivity contribution in [3.05, 3.63) is 28.8 Å². The number of carbonyl (C=O) groups excluding carboxylic acids is 1. The number of nitrogens with zero attached hydrogens (tertiary/aromatic N) is 1. The van der Waals surface area contributed by atoms with E-state index in [1.165, 1.54) is 0 Å². The predicted octanol–water partition coefficient (Wildman–Crippen LogP) is 3.17. The Bertz CT molecular complexity index is 589. The number of rotatable bonds is 3. The van der Waals surface area contributed by atoms with E-state index in [1.54, 1.807) is 0 Å². The first-order valence-electron chi connectivity index (χ1n) is 8.23. The number of aryl methyl sites for hydroxylation is 2. The van der Waals surface area contributed by atoms with Crippen LogP contribution >= 0.6 is 24.8 Å². The molecule has 0 bridgehead atoms. The van der Waals surface area contributed by atoms with Crippen LogP contribution in [0, 0.1) is 13.8 Å². The summed E-state index contributed by atoms with van der Waals surface area (Å²) in [5, 5.41) is 3.37. The van der Waals surface area contributed by atoms with Gasteiger partial charge >= 0.3 is 0 Å². The normalized spacial score (nSPS) is 23.5. The summed E-state index contributed by atoms with van der Waals surface area (Å²) in [6, 6.07) is 4.06. The van der Waals surface area contributed by atoms with Crippen LogP contribution < -0.4 is 10.1 Å². The lowest BCUT2D eigenvalue weighted by Gasteiger charge is -2.38. The number of halogens is 2. The van der Waals surface area contributed by atoms with Crippen LogP contribution in [0.4, 0.5) is 0 Å². The highest BCUT2D eigenvalue weighted by Crippen LogP contribution is 2.37. The zero-order valence-corrected chi connectivity index (χ0v) is 16.3. The Labute approximate surface area is 157 Å². The van der Waals surface area contributed by atoms with Gasteiger partial charge in [0.2, 0.25) is 0 Å². The SMILES string of the molecule is Cc1cc(C)c2c(c1)OC(C)(CCN1CCNCC1)CC2=O.Cl.Cl. The number of nitrogens with one attached hydrogen (secondary N) is 1. The van der Waals surface area contributed by atoms with Gasteiger partial charge in [-0.15, -0.1) is 24.8 Å². The molecule has 2 aliphatic rings. The number of benzene rings is 1. The highest BCUT2D eigenvalue weighted by Gasteiger charge is 2.37. The maximum Gasteiger partial charge on any atom is 0.170 e. The van der Waals surface area contributed by atoms with Gasteiger partial charge in [-0.2, -0.15) is 0 Å². The van der Waals surface area contributed by atoms with Gasteiger partial charge in [0.1, 0.15) is 11.4 Å². The minimum Gasteiger partial charge on any atom is -0.486 e. The minimum atomic E-state index is -0.380. The van der Waals surface area contributed by atoms with Crippen molar-refractivity contribution in [2.45, 2.75) is 39.2 Å². The van der Waals surface area contributed by atoms with Crippen LogP contribution in [0.2, 0.25) is 0 Å². The van der Waals surface area contributed by atoms with Crippen LogP contribution in [0.3, 0.4) is 0 Å². The summed E-state index contributed by atoms with van der Waals surface area (Å²) >= 11 is 0. The highest BCUT2D eigenvalue weighted by atomic mass is 35.5. The largest absolute Gasteiger partial charge is 0.486 e. The number of ketones is 1. The van der Waals surface area contributed by atoms with Crippen LogP contribution in [0.15, 0.2) is 12.1 Å². The predicted molar refractivity (Wildman–Crippen MR) is 102 cm³/mol. The lowest BCUT2D eigenvalue weighted by Crippen LogP contribution is -2.47. The Hall–Kier alpha value is -0.810. The smallest absolute Gasteiger partial charge is 0.170 e. The first kappa shape index (κ1) is 21.2. The Morgan fingerprint density at radius 1 is 1.21 bits per heavy atom. The van der Waals surface area contributed by atoms with Crippen molar-refractivity contribution < 1.29 is 9.53 Å². The number of Topliss-reactive ketones (excluding diaryl/α,β-unsaturated/α-hetero) is 1. The van der Waals surface area contributed by atoms with E-state index in [1.807, 2.05) is 19.9 Å². The standard InChI is InChI=1S/C18H26N2O2.2ClH/c1-13-10-14(2)17-15(21)12-18(3,22-16(17)11-13)4-7-20-8-5-19-6-9-20;;/h10-11,19H,4-9,12H2,1-3H3;2*1H. The average molecular weight is 375 g/mol. The Kier molecular flexibility index (Phi) is 7.54. The van der Waals surface area contributed by atoms with Crippen LogP contribution in [0.1, 0.15) is 41.3 Å². The summed E-state index contributed by atoms with van der Waals surface area (Å²) in [6.07, 6.45) is 1.38. The molecule has 0 radical (unpaired) electrons. The van der Waals surface area contributed by atoms with Crippen molar-refractivity contribution in [1.29, 1.82) is 0 Å². The summed E-state index contributed by atoms with van der Waals surface area (Å²) < 4.78 is 6.28. The zero-order chi connectivity index (χ0) is 15.7. The molecule has 2 aliphatic heterocycles. The van der Waals surface area contributed by atoms with Crippen molar-refractivity contribution in [1.82, 2.24) is 10.2 Å². The summed E-state index contributed by atoms with van der Waals surface area (Å²) in [4.78, 5) is 15.0. The molecule has 1 aromatic carbocycles. The van der Waals surface area contributed by atoms with Gasteiger partial charge in [-0.05, 0) is 44.4 Å². The number of hydrogen-bond donors (Lipinski definition) is 1. The topological polar surface area (TPSA) is 41.6 Å². The van der Waals surface area contributed by atoms with Gasteiger partial charge in [0.05, 0.1) is 12.0 Å². The van der Waals surface area contributed by atoms with E-state index in [9.17, 15) is 4.79 Å². The van der Waals surface area contributed by atoms with E-state index in [0.29, 0.717) is 6.42 Å². The first-order chi connectivity index (χ1) is 10.5. The fraction of sp³-hybridized carbons (Fsp3) is 0.611. The Morgan fingerprint density at radius 3 is 2.54 bits per heavy atom. The lowest BCUT2D eigenvalue weighted by molar-refractivity contribution is 0.0386. The molecular formula is C18H28Cl2N2O2. The van der Waals surface area contributed by atoms with Gasteiger partial charge < -0.3 is 15.0 Å². The number of hydrogen-bond acceptors (Lipinski definition) is 4. The quantitative estimate of drug-likeness (QED) is 0.881. The summed E-state index contributed by atoms with van der Waals surface area (Å²) in [7, 11) is 0. The first-order valence-corrected chi connectivity index (χ1v) is 8.23. The molecule has 3 rings (SSSR count). The van der Waals surface area contributed by atoms with Crippen LogP contribution in [-0.2, 0) is 0 Å². The molecule has 1 atom stereocenters. The molecule has 0 saturated carbocycles. The molecule has 1 aromatic rings. The molecule has 2 heterocycles. The van der Waals surface area contributed by atoms with Crippen molar-refractivity contribution in [2.75, 3.05) is 32.7 Å². The summed E-state index contributed by atoms with van der Waals surface area (Å²) in [6.45, 7) is 11.4. The molecule has 1 unspecified atom stereocenters.